The van der Waals surface area contributed by atoms with E-state index in [9.17, 15) is 23.1 Å². The van der Waals surface area contributed by atoms with Gasteiger partial charge >= 0.3 is 5.97 Å². The van der Waals surface area contributed by atoms with Gasteiger partial charge in [0.15, 0.2) is 11.5 Å². The van der Waals surface area contributed by atoms with Crippen LogP contribution in [0.1, 0.15) is 49.7 Å². The summed E-state index contributed by atoms with van der Waals surface area (Å²) >= 11 is 0. The number of quaternary nitrogens is 1. The van der Waals surface area contributed by atoms with E-state index in [1.165, 1.54) is 4.31 Å². The van der Waals surface area contributed by atoms with E-state index < -0.39 is 33.9 Å². The first kappa shape index (κ1) is 33.2. The topological polar surface area (TPSA) is 117 Å². The Hall–Kier alpha value is -3.19. The third kappa shape index (κ3) is 7.79. The minimum Gasteiger partial charge on any atom is -0.481 e. The van der Waals surface area contributed by atoms with Crippen molar-refractivity contribution in [3.63, 3.8) is 0 Å². The third-order valence-electron chi connectivity index (χ3n) is 8.99. The number of carbonyl (C=O) groups excluding carboxylic acids is 1. The molecule has 11 nitrogen and oxygen atoms in total. The molecule has 1 unspecified atom stereocenters. The lowest BCUT2D eigenvalue weighted by molar-refractivity contribution is -0.884. The Balaban J connectivity index is 1.44. The van der Waals surface area contributed by atoms with Crippen molar-refractivity contribution in [2.75, 3.05) is 71.3 Å². The Morgan fingerprint density at radius 3 is 2.56 bits per heavy atom. The van der Waals surface area contributed by atoms with E-state index in [2.05, 4.69) is 40.2 Å². The fourth-order valence-electron chi connectivity index (χ4n) is 6.90. The van der Waals surface area contributed by atoms with Crippen molar-refractivity contribution in [1.29, 1.82) is 0 Å². The molecule has 1 N–H and O–H groups in total. The fraction of sp³-hybridized carbons (Fsp3) is 0.576. The minimum atomic E-state index is -3.35. The van der Waals surface area contributed by atoms with Crippen LogP contribution >= 0.6 is 0 Å². The van der Waals surface area contributed by atoms with Crippen LogP contribution in [0.4, 0.5) is 5.69 Å². The molecule has 0 saturated carbocycles. The van der Waals surface area contributed by atoms with Crippen LogP contribution < -0.4 is 14.4 Å². The second-order valence-electron chi connectivity index (χ2n) is 13.5. The number of likely N-dealkylation sites (tertiary alicyclic amines) is 1. The highest BCUT2D eigenvalue weighted by Crippen LogP contribution is 2.43. The van der Waals surface area contributed by atoms with Crippen molar-refractivity contribution in [2.45, 2.75) is 51.1 Å². The number of carboxylic acids is 1. The van der Waals surface area contributed by atoms with Gasteiger partial charge in [0, 0.05) is 49.4 Å². The van der Waals surface area contributed by atoms with Crippen LogP contribution in [0.15, 0.2) is 42.5 Å². The number of carbonyl (C=O) groups is 2. The molecule has 45 heavy (non-hydrogen) atoms. The number of rotatable bonds is 13. The number of fused-ring (bicyclic) bond motifs is 1. The first-order valence-corrected chi connectivity index (χ1v) is 17.5. The normalized spacial score (nSPS) is 23.0. The van der Waals surface area contributed by atoms with E-state index in [1.54, 1.807) is 6.07 Å². The molecule has 0 aliphatic carbocycles. The standard InChI is InChI=1S/C33H46N4O7S/c1-5-6-15-36(26-10-7-9-24(18-26)22-37(2,3)4)31(38)21-34-20-27(25-11-12-29-30(19-25)44-23-43-29)32(33(39)40)28(34)13-16-35-14-8-17-45(35,41)42/h7,9-12,18-19,27-28,32H,5-6,8,13-17,20-23H2,1-4H3/p+1/t27-,28+,32?/m1/s1. The van der Waals surface area contributed by atoms with Crippen molar-refractivity contribution in [3.05, 3.63) is 53.6 Å². The number of nitrogens with zero attached hydrogens (tertiary/aromatic N) is 4. The number of carboxylic acid groups (broad SMARTS) is 1. The SMILES string of the molecule is CCCCN(C(=O)CN1C[C@H](c2ccc3c(c2)OCO3)C(C(=O)O)[C@@H]1CCN1CCCS1(=O)=O)c1cccc(C[N+](C)(C)C)c1. The number of ether oxygens (including phenoxy) is 2. The summed E-state index contributed by atoms with van der Waals surface area (Å²) in [4.78, 5) is 30.9. The van der Waals surface area contributed by atoms with Gasteiger partial charge in [-0.3, -0.25) is 14.5 Å². The first-order chi connectivity index (χ1) is 21.4. The number of anilines is 1. The monoisotopic (exact) mass is 643 g/mol. The van der Waals surface area contributed by atoms with E-state index in [0.29, 0.717) is 44.0 Å². The van der Waals surface area contributed by atoms with Crippen LogP contribution in [-0.4, -0.2) is 112 Å². The lowest BCUT2D eigenvalue weighted by atomic mass is 9.84. The molecule has 2 fully saturated rings. The van der Waals surface area contributed by atoms with Gasteiger partial charge in [-0.1, -0.05) is 31.5 Å². The molecule has 5 rings (SSSR count). The maximum absolute atomic E-state index is 14.2. The Morgan fingerprint density at radius 2 is 1.87 bits per heavy atom. The van der Waals surface area contributed by atoms with Gasteiger partial charge in [-0.25, -0.2) is 12.7 Å². The van der Waals surface area contributed by atoms with Crippen molar-refractivity contribution in [3.8, 4) is 11.5 Å². The van der Waals surface area contributed by atoms with Gasteiger partial charge < -0.3 is 24.0 Å². The Morgan fingerprint density at radius 1 is 1.09 bits per heavy atom. The molecule has 0 bridgehead atoms. The van der Waals surface area contributed by atoms with Gasteiger partial charge in [0.25, 0.3) is 0 Å². The van der Waals surface area contributed by atoms with Crippen molar-refractivity contribution >= 4 is 27.6 Å². The first-order valence-electron chi connectivity index (χ1n) is 15.9. The largest absolute Gasteiger partial charge is 0.481 e. The molecule has 3 aliphatic rings. The van der Waals surface area contributed by atoms with E-state index in [0.717, 1.165) is 40.7 Å². The smallest absolute Gasteiger partial charge is 0.308 e. The molecule has 2 aromatic rings. The molecule has 3 aliphatic heterocycles. The van der Waals surface area contributed by atoms with Crippen LogP contribution in [0, 0.1) is 5.92 Å². The highest BCUT2D eigenvalue weighted by atomic mass is 32.2. The second-order valence-corrected chi connectivity index (χ2v) is 15.5. The summed E-state index contributed by atoms with van der Waals surface area (Å²) in [5.41, 5.74) is 2.77. The highest BCUT2D eigenvalue weighted by Gasteiger charge is 2.48. The summed E-state index contributed by atoms with van der Waals surface area (Å²) in [6.45, 7) is 4.62. The molecular weight excluding hydrogens is 596 g/mol. The molecule has 246 valence electrons. The summed E-state index contributed by atoms with van der Waals surface area (Å²) in [5, 5.41) is 10.6. The molecule has 1 amide bonds. The molecule has 2 aromatic carbocycles. The zero-order valence-corrected chi connectivity index (χ0v) is 27.7. The number of sulfonamides is 1. The Labute approximate surface area is 266 Å². The highest BCUT2D eigenvalue weighted by molar-refractivity contribution is 7.89. The van der Waals surface area contributed by atoms with Crippen LogP contribution in [-0.2, 0) is 26.2 Å². The fourth-order valence-corrected chi connectivity index (χ4v) is 8.44. The summed E-state index contributed by atoms with van der Waals surface area (Å²) in [7, 11) is 3.04. The molecule has 0 spiro atoms. The Kier molecular flexibility index (Phi) is 10.1. The maximum atomic E-state index is 14.2. The van der Waals surface area contributed by atoms with Gasteiger partial charge in [0.05, 0.1) is 39.4 Å². The van der Waals surface area contributed by atoms with E-state index in [1.807, 2.05) is 34.1 Å². The number of hydrogen-bond donors (Lipinski definition) is 1. The average molecular weight is 644 g/mol. The molecule has 12 heteroatoms. The molecular formula is C33H47N4O7S+. The minimum absolute atomic E-state index is 0.0333. The second kappa shape index (κ2) is 13.7. The van der Waals surface area contributed by atoms with Crippen molar-refractivity contribution in [1.82, 2.24) is 9.21 Å². The lowest BCUT2D eigenvalue weighted by Gasteiger charge is -2.31. The number of benzene rings is 2. The summed E-state index contributed by atoms with van der Waals surface area (Å²) in [5.74, 6) is -1.00. The van der Waals surface area contributed by atoms with Crippen LogP contribution in [0.5, 0.6) is 11.5 Å². The number of hydrogen-bond acceptors (Lipinski definition) is 7. The number of amides is 1. The third-order valence-corrected chi connectivity index (χ3v) is 10.9. The van der Waals surface area contributed by atoms with Gasteiger partial charge in [0.1, 0.15) is 6.54 Å². The van der Waals surface area contributed by atoms with Gasteiger partial charge in [-0.15, -0.1) is 0 Å². The molecule has 3 atom stereocenters. The zero-order chi connectivity index (χ0) is 32.4. The van der Waals surface area contributed by atoms with Crippen molar-refractivity contribution < 1.29 is 37.1 Å². The lowest BCUT2D eigenvalue weighted by Crippen LogP contribution is -2.45. The van der Waals surface area contributed by atoms with Gasteiger partial charge in [-0.05, 0) is 49.1 Å². The predicted molar refractivity (Wildman–Crippen MR) is 172 cm³/mol. The number of unbranched alkanes of at least 4 members (excludes halogenated alkanes) is 1. The predicted octanol–water partition coefficient (Wildman–Crippen LogP) is 3.35. The summed E-state index contributed by atoms with van der Waals surface area (Å²) in [6, 6.07) is 13.1. The molecule has 3 heterocycles. The van der Waals surface area contributed by atoms with E-state index in [4.69, 9.17) is 9.47 Å². The summed E-state index contributed by atoms with van der Waals surface area (Å²) < 4.78 is 38.5. The van der Waals surface area contributed by atoms with Crippen molar-refractivity contribution in [2.24, 2.45) is 5.92 Å². The zero-order valence-electron chi connectivity index (χ0n) is 26.9. The van der Waals surface area contributed by atoms with Gasteiger partial charge in [0.2, 0.25) is 22.7 Å². The quantitative estimate of drug-likeness (QED) is 0.331. The average Bonchev–Trinajstić information content (AvgIpc) is 3.67. The molecule has 0 radical (unpaired) electrons. The van der Waals surface area contributed by atoms with Crippen LogP contribution in [0.2, 0.25) is 0 Å². The number of aliphatic carboxylic acids is 1. The van der Waals surface area contributed by atoms with Gasteiger partial charge in [-0.2, -0.15) is 0 Å². The molecule has 0 aromatic heterocycles. The van der Waals surface area contributed by atoms with Crippen LogP contribution in [0.25, 0.3) is 0 Å². The van der Waals surface area contributed by atoms with E-state index in [-0.39, 0.29) is 31.5 Å². The van der Waals surface area contributed by atoms with Crippen LogP contribution in [0.3, 0.4) is 0 Å². The maximum Gasteiger partial charge on any atom is 0.308 e. The molecule has 2 saturated heterocycles. The summed E-state index contributed by atoms with van der Waals surface area (Å²) in [6.07, 6.45) is 2.64. The Bertz CT molecular complexity index is 1490. The van der Waals surface area contributed by atoms with E-state index >= 15 is 0 Å².